The number of thioether (sulfide) groups is 1. The van der Waals surface area contributed by atoms with E-state index in [0.717, 1.165) is 55.3 Å². The molecule has 3 aromatic rings. The maximum atomic E-state index is 14.1. The first-order valence-corrected chi connectivity index (χ1v) is 14.6. The third-order valence-corrected chi connectivity index (χ3v) is 9.02. The second-order valence-electron chi connectivity index (χ2n) is 10.3. The monoisotopic (exact) mass is 564 g/mol. The lowest BCUT2D eigenvalue weighted by Crippen LogP contribution is -2.48. The summed E-state index contributed by atoms with van der Waals surface area (Å²) in [6.45, 7) is 6.70. The number of anilines is 2. The highest BCUT2D eigenvalue weighted by Crippen LogP contribution is 2.42. The van der Waals surface area contributed by atoms with Gasteiger partial charge in [-0.25, -0.2) is 8.78 Å². The molecule has 0 spiro atoms. The number of nitrogens with zero attached hydrogens (tertiary/aromatic N) is 3. The summed E-state index contributed by atoms with van der Waals surface area (Å²) in [7, 11) is 0. The van der Waals surface area contributed by atoms with Gasteiger partial charge < -0.3 is 15.1 Å². The van der Waals surface area contributed by atoms with E-state index in [2.05, 4.69) is 15.1 Å². The summed E-state index contributed by atoms with van der Waals surface area (Å²) in [4.78, 5) is 33.8. The fourth-order valence-corrected chi connectivity index (χ4v) is 6.51. The first-order chi connectivity index (χ1) is 19.4. The van der Waals surface area contributed by atoms with Crippen LogP contribution in [0.2, 0.25) is 0 Å². The molecule has 40 heavy (non-hydrogen) atoms. The zero-order valence-electron chi connectivity index (χ0n) is 22.6. The number of halogens is 2. The smallest absolute Gasteiger partial charge is 0.241 e. The summed E-state index contributed by atoms with van der Waals surface area (Å²) in [6, 6.07) is 20.7. The number of benzene rings is 3. The fraction of sp³-hybridized carbons (Fsp3) is 0.355. The van der Waals surface area contributed by atoms with Crippen LogP contribution in [0.5, 0.6) is 0 Å². The van der Waals surface area contributed by atoms with Crippen molar-refractivity contribution in [1.82, 2.24) is 10.2 Å². The van der Waals surface area contributed by atoms with Crippen LogP contribution >= 0.6 is 11.8 Å². The normalized spacial score (nSPS) is 18.4. The van der Waals surface area contributed by atoms with E-state index in [1.807, 2.05) is 36.4 Å². The highest BCUT2D eigenvalue weighted by molar-refractivity contribution is 8.01. The summed E-state index contributed by atoms with van der Waals surface area (Å²) in [5.41, 5.74) is 2.28. The average molecular weight is 565 g/mol. The number of para-hydroxylation sites is 2. The number of piperazine rings is 1. The minimum Gasteiger partial charge on any atom is -0.367 e. The lowest BCUT2D eigenvalue weighted by molar-refractivity contribution is -0.128. The highest BCUT2D eigenvalue weighted by atomic mass is 32.2. The minimum absolute atomic E-state index is 0.122. The molecule has 1 saturated heterocycles. The number of carbonyl (C=O) groups excluding carboxylic acids is 2. The SMILES string of the molecule is C[C@@H](C(=O)NCCCN1CCN(c2ccccc2F)CC1)[C@H]1Sc2ccccc2N(Cc2ccc(F)cc2)C1=O. The predicted molar refractivity (Wildman–Crippen MR) is 156 cm³/mol. The van der Waals surface area contributed by atoms with Crippen molar-refractivity contribution in [2.24, 2.45) is 5.92 Å². The Morgan fingerprint density at radius 1 is 0.950 bits per heavy atom. The van der Waals surface area contributed by atoms with Crippen LogP contribution in [0.3, 0.4) is 0 Å². The molecule has 0 bridgehead atoms. The van der Waals surface area contributed by atoms with E-state index in [0.29, 0.717) is 18.8 Å². The van der Waals surface area contributed by atoms with E-state index in [4.69, 9.17) is 0 Å². The zero-order chi connectivity index (χ0) is 28.1. The molecule has 3 aromatic carbocycles. The molecule has 0 aliphatic carbocycles. The Labute approximate surface area is 238 Å². The molecular weight excluding hydrogens is 530 g/mol. The molecule has 2 heterocycles. The Balaban J connectivity index is 1.12. The van der Waals surface area contributed by atoms with Gasteiger partial charge in [0.25, 0.3) is 0 Å². The van der Waals surface area contributed by atoms with Crippen LogP contribution in [0.1, 0.15) is 18.9 Å². The molecule has 6 nitrogen and oxygen atoms in total. The van der Waals surface area contributed by atoms with Gasteiger partial charge in [-0.2, -0.15) is 0 Å². The third kappa shape index (κ3) is 6.47. The molecule has 5 rings (SSSR count). The van der Waals surface area contributed by atoms with E-state index in [9.17, 15) is 18.4 Å². The van der Waals surface area contributed by atoms with Crippen molar-refractivity contribution < 1.29 is 18.4 Å². The van der Waals surface area contributed by atoms with E-state index in [1.165, 1.54) is 30.0 Å². The second kappa shape index (κ2) is 12.8. The van der Waals surface area contributed by atoms with Crippen molar-refractivity contribution in [3.05, 3.63) is 90.0 Å². The number of rotatable bonds is 9. The molecule has 0 unspecified atom stereocenters. The third-order valence-electron chi connectivity index (χ3n) is 7.56. The van der Waals surface area contributed by atoms with E-state index < -0.39 is 11.2 Å². The lowest BCUT2D eigenvalue weighted by atomic mass is 10.0. The largest absolute Gasteiger partial charge is 0.367 e. The number of carbonyl (C=O) groups is 2. The molecule has 0 aromatic heterocycles. The maximum Gasteiger partial charge on any atom is 0.241 e. The standard InChI is InChI=1S/C31H34F2N4O2S/c1-22(30(38)34-15-6-16-35-17-19-36(20-18-35)26-8-3-2-7-25(26)33)29-31(39)37(21-23-11-13-24(32)14-12-23)27-9-4-5-10-28(27)40-29/h2-5,7-14,22,29H,6,15-21H2,1H3,(H,34,38)/t22-,29-/m1/s1. The number of hydrogen-bond donors (Lipinski definition) is 1. The quantitative estimate of drug-likeness (QED) is 0.374. The van der Waals surface area contributed by atoms with Crippen molar-refractivity contribution in [2.45, 2.75) is 30.0 Å². The molecule has 0 saturated carbocycles. The number of hydrogen-bond acceptors (Lipinski definition) is 5. The first-order valence-electron chi connectivity index (χ1n) is 13.7. The molecule has 0 radical (unpaired) electrons. The summed E-state index contributed by atoms with van der Waals surface area (Å²) < 4.78 is 27.5. The molecule has 2 aliphatic rings. The Morgan fingerprint density at radius 2 is 1.62 bits per heavy atom. The van der Waals surface area contributed by atoms with Crippen LogP contribution in [-0.2, 0) is 16.1 Å². The van der Waals surface area contributed by atoms with Gasteiger partial charge in [0.2, 0.25) is 11.8 Å². The van der Waals surface area contributed by atoms with Crippen molar-refractivity contribution in [2.75, 3.05) is 49.1 Å². The van der Waals surface area contributed by atoms with Crippen LogP contribution in [0.25, 0.3) is 0 Å². The van der Waals surface area contributed by atoms with Crippen molar-refractivity contribution >= 4 is 35.0 Å². The van der Waals surface area contributed by atoms with Gasteiger partial charge in [-0.1, -0.05) is 43.3 Å². The minimum atomic E-state index is -0.554. The van der Waals surface area contributed by atoms with Crippen LogP contribution < -0.4 is 15.1 Å². The Bertz CT molecular complexity index is 1330. The Morgan fingerprint density at radius 3 is 2.35 bits per heavy atom. The highest BCUT2D eigenvalue weighted by Gasteiger charge is 2.39. The van der Waals surface area contributed by atoms with E-state index in [1.54, 1.807) is 30.0 Å². The fourth-order valence-electron chi connectivity index (χ4n) is 5.22. The van der Waals surface area contributed by atoms with Gasteiger partial charge in [-0.3, -0.25) is 14.5 Å². The summed E-state index contributed by atoms with van der Waals surface area (Å²) >= 11 is 1.43. The maximum absolute atomic E-state index is 14.1. The van der Waals surface area contributed by atoms with Crippen molar-refractivity contribution in [1.29, 1.82) is 0 Å². The lowest BCUT2D eigenvalue weighted by Gasteiger charge is -2.36. The average Bonchev–Trinajstić information content (AvgIpc) is 2.98. The zero-order valence-corrected chi connectivity index (χ0v) is 23.4. The number of fused-ring (bicyclic) bond motifs is 1. The van der Waals surface area contributed by atoms with Gasteiger partial charge in [0.05, 0.1) is 23.8 Å². The molecule has 1 N–H and O–H groups in total. The van der Waals surface area contributed by atoms with Crippen LogP contribution in [0.15, 0.2) is 77.7 Å². The van der Waals surface area contributed by atoms with Gasteiger partial charge in [0.1, 0.15) is 16.9 Å². The molecule has 2 atom stereocenters. The summed E-state index contributed by atoms with van der Waals surface area (Å²) in [6.07, 6.45) is 0.795. The van der Waals surface area contributed by atoms with Gasteiger partial charge in [-0.15, -0.1) is 11.8 Å². The van der Waals surface area contributed by atoms with E-state index in [-0.39, 0.29) is 23.4 Å². The second-order valence-corrected chi connectivity index (χ2v) is 11.5. The Kier molecular flexibility index (Phi) is 9.01. The molecule has 1 fully saturated rings. The Hall–Kier alpha value is -3.43. The van der Waals surface area contributed by atoms with Gasteiger partial charge in [-0.05, 0) is 54.9 Å². The molecule has 2 aliphatic heterocycles. The summed E-state index contributed by atoms with van der Waals surface area (Å²) in [5.74, 6) is -1.30. The van der Waals surface area contributed by atoms with Gasteiger partial charge in [0, 0.05) is 37.6 Å². The van der Waals surface area contributed by atoms with E-state index >= 15 is 0 Å². The molecule has 210 valence electrons. The van der Waals surface area contributed by atoms with Crippen LogP contribution in [0.4, 0.5) is 20.2 Å². The summed E-state index contributed by atoms with van der Waals surface area (Å²) in [5, 5.41) is 2.47. The van der Waals surface area contributed by atoms with Crippen molar-refractivity contribution in [3.63, 3.8) is 0 Å². The number of nitrogens with one attached hydrogen (secondary N) is 1. The molecular formula is C31H34F2N4O2S. The first kappa shape index (κ1) is 28.1. The number of amides is 2. The molecule has 2 amide bonds. The molecule has 9 heteroatoms. The van der Waals surface area contributed by atoms with Crippen molar-refractivity contribution in [3.8, 4) is 0 Å². The van der Waals surface area contributed by atoms with Crippen LogP contribution in [0, 0.1) is 17.6 Å². The topological polar surface area (TPSA) is 55.9 Å². The van der Waals surface area contributed by atoms with Gasteiger partial charge in [0.15, 0.2) is 0 Å². The van der Waals surface area contributed by atoms with Gasteiger partial charge >= 0.3 is 0 Å². The van der Waals surface area contributed by atoms with Crippen LogP contribution in [-0.4, -0.2) is 61.2 Å². The predicted octanol–water partition coefficient (Wildman–Crippen LogP) is 4.94.